The van der Waals surface area contributed by atoms with Crippen LogP contribution in [0.2, 0.25) is 0 Å². The molecule has 1 amide bonds. The van der Waals surface area contributed by atoms with Gasteiger partial charge in [-0.1, -0.05) is 0 Å². The Hall–Kier alpha value is -2.87. The highest BCUT2D eigenvalue weighted by Gasteiger charge is 2.27. The average Bonchev–Trinajstić information content (AvgIpc) is 3.30. The fourth-order valence-corrected chi connectivity index (χ4v) is 4.50. The Balaban J connectivity index is 1.24. The second kappa shape index (κ2) is 9.51. The number of rotatable bonds is 5. The minimum atomic E-state index is -0.317. The second-order valence-electron chi connectivity index (χ2n) is 8.14. The lowest BCUT2D eigenvalue weighted by Gasteiger charge is -2.38. The van der Waals surface area contributed by atoms with Crippen LogP contribution >= 0.6 is 0 Å². The van der Waals surface area contributed by atoms with Gasteiger partial charge in [0.2, 0.25) is 5.91 Å². The number of carbonyl (C=O) groups excluding carboxylic acids is 2. The first-order chi connectivity index (χ1) is 15.0. The van der Waals surface area contributed by atoms with E-state index in [0.29, 0.717) is 25.3 Å². The van der Waals surface area contributed by atoms with E-state index in [9.17, 15) is 14.0 Å². The monoisotopic (exact) mass is 428 g/mol. The van der Waals surface area contributed by atoms with E-state index in [0.717, 1.165) is 44.7 Å². The quantitative estimate of drug-likeness (QED) is 0.685. The number of amides is 1. The molecular formula is C23H29FN4O3. The molecule has 0 N–H and O–H groups in total. The Morgan fingerprint density at radius 3 is 2.32 bits per heavy atom. The number of anilines is 1. The van der Waals surface area contributed by atoms with Gasteiger partial charge in [-0.3, -0.25) is 9.69 Å². The Morgan fingerprint density at radius 1 is 1.00 bits per heavy atom. The van der Waals surface area contributed by atoms with Gasteiger partial charge in [0.05, 0.1) is 13.7 Å². The lowest BCUT2D eigenvalue weighted by atomic mass is 10.0. The van der Waals surface area contributed by atoms with Crippen molar-refractivity contribution in [2.45, 2.75) is 18.9 Å². The fraction of sp³-hybridized carbons (Fsp3) is 0.478. The molecule has 4 rings (SSSR count). The molecule has 2 fully saturated rings. The van der Waals surface area contributed by atoms with Gasteiger partial charge in [-0.25, -0.2) is 9.18 Å². The summed E-state index contributed by atoms with van der Waals surface area (Å²) in [7, 11) is 1.40. The van der Waals surface area contributed by atoms with Crippen molar-refractivity contribution in [2.75, 3.05) is 57.8 Å². The molecule has 1 aromatic heterocycles. The van der Waals surface area contributed by atoms with Gasteiger partial charge < -0.3 is 19.1 Å². The summed E-state index contributed by atoms with van der Waals surface area (Å²) in [5.41, 5.74) is 1.57. The molecule has 0 atom stereocenters. The van der Waals surface area contributed by atoms with Crippen molar-refractivity contribution in [2.24, 2.45) is 0 Å². The third kappa shape index (κ3) is 4.90. The summed E-state index contributed by atoms with van der Waals surface area (Å²) in [6.07, 6.45) is 3.72. The molecule has 0 saturated carbocycles. The van der Waals surface area contributed by atoms with Gasteiger partial charge in [0, 0.05) is 57.2 Å². The average molecular weight is 429 g/mol. The van der Waals surface area contributed by atoms with Crippen molar-refractivity contribution in [1.82, 2.24) is 14.4 Å². The summed E-state index contributed by atoms with van der Waals surface area (Å²) in [4.78, 5) is 31.0. The van der Waals surface area contributed by atoms with Crippen molar-refractivity contribution in [3.05, 3.63) is 54.1 Å². The minimum absolute atomic E-state index is 0.161. The van der Waals surface area contributed by atoms with Gasteiger partial charge in [0.25, 0.3) is 0 Å². The first-order valence-corrected chi connectivity index (χ1v) is 10.8. The number of aromatic nitrogens is 1. The van der Waals surface area contributed by atoms with Crippen molar-refractivity contribution in [3.63, 3.8) is 0 Å². The highest BCUT2D eigenvalue weighted by Crippen LogP contribution is 2.25. The molecule has 0 aliphatic carbocycles. The first-order valence-electron chi connectivity index (χ1n) is 10.8. The Bertz CT molecular complexity index is 898. The van der Waals surface area contributed by atoms with Crippen molar-refractivity contribution < 1.29 is 18.7 Å². The number of benzene rings is 1. The van der Waals surface area contributed by atoms with Crippen LogP contribution in [0.5, 0.6) is 0 Å². The summed E-state index contributed by atoms with van der Waals surface area (Å²) in [6, 6.07) is 10.4. The first kappa shape index (κ1) is 21.4. The molecule has 0 unspecified atom stereocenters. The lowest BCUT2D eigenvalue weighted by Crippen LogP contribution is -2.52. The van der Waals surface area contributed by atoms with Crippen LogP contribution in [-0.2, 0) is 9.53 Å². The molecule has 2 aliphatic rings. The van der Waals surface area contributed by atoms with Crippen molar-refractivity contribution in [1.29, 1.82) is 0 Å². The molecule has 1 aromatic carbocycles. The molecule has 166 valence electrons. The molecule has 0 radical (unpaired) electrons. The molecule has 2 aliphatic heterocycles. The third-order valence-electron chi connectivity index (χ3n) is 6.31. The molecule has 3 heterocycles. The third-order valence-corrected chi connectivity index (χ3v) is 6.31. The molecule has 31 heavy (non-hydrogen) atoms. The van der Waals surface area contributed by atoms with E-state index >= 15 is 0 Å². The minimum Gasteiger partial charge on any atom is -0.464 e. The molecule has 7 nitrogen and oxygen atoms in total. The van der Waals surface area contributed by atoms with Crippen molar-refractivity contribution >= 4 is 17.6 Å². The summed E-state index contributed by atoms with van der Waals surface area (Å²) >= 11 is 0. The predicted octanol–water partition coefficient (Wildman–Crippen LogP) is 2.40. The van der Waals surface area contributed by atoms with Crippen LogP contribution in [0, 0.1) is 5.82 Å². The Morgan fingerprint density at radius 2 is 1.68 bits per heavy atom. The summed E-state index contributed by atoms with van der Waals surface area (Å²) < 4.78 is 20.0. The van der Waals surface area contributed by atoms with Gasteiger partial charge in [-0.05, 0) is 49.2 Å². The standard InChI is InChI=1S/C23H29FN4O3/c1-31-23(30)21-3-2-10-28(21)20-8-11-25(12-9-20)17-22(29)27-15-13-26(14-16-27)19-6-4-18(24)5-7-19/h2-7,10,20H,8-9,11-17H2,1H3. The van der Waals surface area contributed by atoms with E-state index in [4.69, 9.17) is 4.74 Å². The maximum Gasteiger partial charge on any atom is 0.354 e. The SMILES string of the molecule is COC(=O)c1cccn1C1CCN(CC(=O)N2CCN(c3ccc(F)cc3)CC2)CC1. The molecule has 2 aromatic rings. The number of piperidine rings is 1. The number of nitrogens with zero attached hydrogens (tertiary/aromatic N) is 4. The zero-order chi connectivity index (χ0) is 21.8. The molecule has 0 spiro atoms. The number of halogens is 1. The fourth-order valence-electron chi connectivity index (χ4n) is 4.50. The number of carbonyl (C=O) groups is 2. The van der Waals surface area contributed by atoms with Gasteiger partial charge in [-0.2, -0.15) is 0 Å². The van der Waals surface area contributed by atoms with Crippen LogP contribution in [-0.4, -0.2) is 79.2 Å². The normalized spacial score (nSPS) is 18.3. The summed E-state index contributed by atoms with van der Waals surface area (Å²) in [5, 5.41) is 0. The number of methoxy groups -OCH3 is 1. The van der Waals surface area contributed by atoms with E-state index in [2.05, 4.69) is 9.80 Å². The predicted molar refractivity (Wildman–Crippen MR) is 116 cm³/mol. The number of hydrogen-bond acceptors (Lipinski definition) is 5. The van der Waals surface area contributed by atoms with Gasteiger partial charge in [0.1, 0.15) is 11.5 Å². The highest BCUT2D eigenvalue weighted by atomic mass is 19.1. The maximum atomic E-state index is 13.1. The number of esters is 1. The van der Waals surface area contributed by atoms with Crippen molar-refractivity contribution in [3.8, 4) is 0 Å². The van der Waals surface area contributed by atoms with E-state index in [1.54, 1.807) is 18.2 Å². The second-order valence-corrected chi connectivity index (χ2v) is 8.14. The number of hydrogen-bond donors (Lipinski definition) is 0. The van der Waals surface area contributed by atoms with Gasteiger partial charge in [-0.15, -0.1) is 0 Å². The van der Waals surface area contributed by atoms with Crippen LogP contribution in [0.25, 0.3) is 0 Å². The molecule has 0 bridgehead atoms. The smallest absolute Gasteiger partial charge is 0.354 e. The van der Waals surface area contributed by atoms with Crippen LogP contribution in [0.4, 0.5) is 10.1 Å². The molecule has 2 saturated heterocycles. The van der Waals surface area contributed by atoms with E-state index in [1.807, 2.05) is 21.7 Å². The van der Waals surface area contributed by atoms with E-state index in [-0.39, 0.29) is 23.7 Å². The number of ether oxygens (including phenoxy) is 1. The van der Waals surface area contributed by atoms with Crippen LogP contribution in [0.15, 0.2) is 42.6 Å². The largest absolute Gasteiger partial charge is 0.464 e. The van der Waals surface area contributed by atoms with Crippen LogP contribution < -0.4 is 4.90 Å². The topological polar surface area (TPSA) is 58.0 Å². The van der Waals surface area contributed by atoms with Gasteiger partial charge >= 0.3 is 5.97 Å². The highest BCUT2D eigenvalue weighted by molar-refractivity contribution is 5.87. The van der Waals surface area contributed by atoms with Gasteiger partial charge in [0.15, 0.2) is 0 Å². The van der Waals surface area contributed by atoms with E-state index < -0.39 is 0 Å². The summed E-state index contributed by atoms with van der Waals surface area (Å²) in [5.74, 6) is -0.393. The molecular weight excluding hydrogens is 399 g/mol. The molecule has 8 heteroatoms. The van der Waals surface area contributed by atoms with Crippen LogP contribution in [0.1, 0.15) is 29.4 Å². The maximum absolute atomic E-state index is 13.1. The van der Waals surface area contributed by atoms with E-state index in [1.165, 1.54) is 19.2 Å². The van der Waals surface area contributed by atoms with Crippen LogP contribution in [0.3, 0.4) is 0 Å². The Kier molecular flexibility index (Phi) is 6.56. The zero-order valence-electron chi connectivity index (χ0n) is 17.9. The Labute approximate surface area is 182 Å². The number of likely N-dealkylation sites (tertiary alicyclic amines) is 1. The zero-order valence-corrected chi connectivity index (χ0v) is 17.9. The number of piperazine rings is 1. The summed E-state index contributed by atoms with van der Waals surface area (Å²) in [6.45, 7) is 4.94. The lowest BCUT2D eigenvalue weighted by molar-refractivity contribution is -0.133.